The third kappa shape index (κ3) is 2.17. The standard InChI is InChI=1S/C16H15N3O2S/c1-3-13-8-9-17-19(13,16(20)21)15-18-14(10-22-15)12-6-4-11(2)5-7-12/h4-10H,3H2,1-2H3/p+1. The molecule has 22 heavy (non-hydrogen) atoms. The molecular formula is C16H16N3O2S+. The summed E-state index contributed by atoms with van der Waals surface area (Å²) < 4.78 is -0.562. The highest BCUT2D eigenvalue weighted by molar-refractivity contribution is 7.14. The molecule has 0 bridgehead atoms. The fourth-order valence-electron chi connectivity index (χ4n) is 2.44. The Morgan fingerprint density at radius 1 is 1.32 bits per heavy atom. The number of hydrogen-bond donors (Lipinski definition) is 1. The van der Waals surface area contributed by atoms with E-state index in [1.54, 1.807) is 12.3 Å². The Bertz CT molecular complexity index is 777. The van der Waals surface area contributed by atoms with Gasteiger partial charge >= 0.3 is 11.2 Å². The molecule has 0 aliphatic carbocycles. The highest BCUT2D eigenvalue weighted by Crippen LogP contribution is 2.38. The van der Waals surface area contributed by atoms with Crippen LogP contribution in [0, 0.1) is 6.92 Å². The fraction of sp³-hybridized carbons (Fsp3) is 0.188. The van der Waals surface area contributed by atoms with Crippen molar-refractivity contribution in [2.24, 2.45) is 5.10 Å². The van der Waals surface area contributed by atoms with Crippen LogP contribution in [-0.4, -0.2) is 22.4 Å². The molecule has 1 aromatic heterocycles. The van der Waals surface area contributed by atoms with Crippen molar-refractivity contribution < 1.29 is 9.90 Å². The van der Waals surface area contributed by atoms with E-state index >= 15 is 0 Å². The molecule has 3 rings (SSSR count). The first-order chi connectivity index (χ1) is 10.6. The number of hydrogen-bond acceptors (Lipinski definition) is 4. The first-order valence-corrected chi connectivity index (χ1v) is 7.87. The van der Waals surface area contributed by atoms with E-state index in [-0.39, 0.29) is 0 Å². The van der Waals surface area contributed by atoms with E-state index in [4.69, 9.17) is 0 Å². The van der Waals surface area contributed by atoms with E-state index < -0.39 is 10.7 Å². The predicted molar refractivity (Wildman–Crippen MR) is 89.0 cm³/mol. The summed E-state index contributed by atoms with van der Waals surface area (Å²) in [7, 11) is 0. The molecule has 1 atom stereocenters. The summed E-state index contributed by atoms with van der Waals surface area (Å²) in [6.45, 7) is 3.95. The van der Waals surface area contributed by atoms with Gasteiger partial charge in [-0.3, -0.25) is 0 Å². The number of carboxylic acid groups (broad SMARTS) is 1. The lowest BCUT2D eigenvalue weighted by atomic mass is 10.1. The highest BCUT2D eigenvalue weighted by atomic mass is 32.1. The van der Waals surface area contributed by atoms with Gasteiger partial charge in [0.25, 0.3) is 0 Å². The van der Waals surface area contributed by atoms with Crippen molar-refractivity contribution in [2.75, 3.05) is 0 Å². The van der Waals surface area contributed by atoms with Crippen LogP contribution in [-0.2, 0) is 0 Å². The summed E-state index contributed by atoms with van der Waals surface area (Å²) in [5, 5.41) is 16.2. The molecule has 1 aromatic carbocycles. The first-order valence-electron chi connectivity index (χ1n) is 6.99. The number of aromatic nitrogens is 1. The molecule has 0 saturated heterocycles. The lowest BCUT2D eigenvalue weighted by molar-refractivity contribution is 0.160. The van der Waals surface area contributed by atoms with Crippen molar-refractivity contribution in [1.29, 1.82) is 0 Å². The summed E-state index contributed by atoms with van der Waals surface area (Å²) in [6, 6.07) is 8.01. The molecule has 0 saturated carbocycles. The van der Waals surface area contributed by atoms with Crippen LogP contribution in [0.15, 0.2) is 46.5 Å². The molecule has 0 fully saturated rings. The van der Waals surface area contributed by atoms with Crippen molar-refractivity contribution >= 4 is 28.8 Å². The maximum absolute atomic E-state index is 11.9. The zero-order valence-corrected chi connectivity index (χ0v) is 13.2. The van der Waals surface area contributed by atoms with Crippen LogP contribution in [0.4, 0.5) is 9.93 Å². The Hall–Kier alpha value is -2.31. The Morgan fingerprint density at radius 3 is 2.68 bits per heavy atom. The number of quaternary nitrogens is 1. The molecule has 1 N–H and O–H groups in total. The van der Waals surface area contributed by atoms with Crippen molar-refractivity contribution in [1.82, 2.24) is 9.58 Å². The first kappa shape index (κ1) is 14.6. The summed E-state index contributed by atoms with van der Waals surface area (Å²) in [6.07, 6.45) is 2.86. The van der Waals surface area contributed by atoms with Gasteiger partial charge in [-0.15, -0.1) is 0 Å². The Labute approximate surface area is 132 Å². The maximum Gasteiger partial charge on any atom is 0.553 e. The maximum atomic E-state index is 11.9. The second kappa shape index (κ2) is 5.47. The van der Waals surface area contributed by atoms with Gasteiger partial charge in [-0.2, -0.15) is 9.78 Å². The lowest BCUT2D eigenvalue weighted by Gasteiger charge is -2.20. The molecule has 0 radical (unpaired) electrons. The molecule has 0 spiro atoms. The highest BCUT2D eigenvalue weighted by Gasteiger charge is 2.49. The molecule has 1 aliphatic rings. The number of allylic oxidation sites excluding steroid dienone is 2. The Balaban J connectivity index is 2.05. The second-order valence-corrected chi connectivity index (χ2v) is 5.91. The van der Waals surface area contributed by atoms with Gasteiger partial charge in [0.2, 0.25) is 0 Å². The van der Waals surface area contributed by atoms with Gasteiger partial charge in [0, 0.05) is 23.4 Å². The third-order valence-corrected chi connectivity index (χ3v) is 4.59. The van der Waals surface area contributed by atoms with Crippen LogP contribution in [0.3, 0.4) is 0 Å². The molecule has 112 valence electrons. The van der Waals surface area contributed by atoms with Crippen LogP contribution in [0.1, 0.15) is 18.9 Å². The normalized spacial score (nSPS) is 20.2. The van der Waals surface area contributed by atoms with Gasteiger partial charge in [-0.1, -0.05) is 53.2 Å². The zero-order valence-electron chi connectivity index (χ0n) is 12.4. The quantitative estimate of drug-likeness (QED) is 0.854. The average Bonchev–Trinajstić information content (AvgIpc) is 3.15. The van der Waals surface area contributed by atoms with E-state index in [1.165, 1.54) is 16.9 Å². The fourth-order valence-corrected chi connectivity index (χ4v) is 3.40. The topological polar surface area (TPSA) is 62.5 Å². The molecule has 2 aromatic rings. The van der Waals surface area contributed by atoms with Gasteiger partial charge in [-0.25, -0.2) is 0 Å². The lowest BCUT2D eigenvalue weighted by Crippen LogP contribution is -2.45. The summed E-state index contributed by atoms with van der Waals surface area (Å²) in [5.41, 5.74) is 3.63. The third-order valence-electron chi connectivity index (χ3n) is 3.68. The van der Waals surface area contributed by atoms with Crippen molar-refractivity contribution in [3.05, 3.63) is 47.0 Å². The van der Waals surface area contributed by atoms with E-state index in [0.29, 0.717) is 17.2 Å². The van der Waals surface area contributed by atoms with E-state index in [1.807, 2.05) is 43.5 Å². The largest absolute Gasteiger partial charge is 0.553 e. The van der Waals surface area contributed by atoms with Crippen LogP contribution < -0.4 is 4.59 Å². The molecule has 1 amide bonds. The number of benzene rings is 1. The van der Waals surface area contributed by atoms with Gasteiger partial charge in [0.1, 0.15) is 0 Å². The Kier molecular flexibility index (Phi) is 3.64. The molecule has 2 heterocycles. The van der Waals surface area contributed by atoms with Crippen LogP contribution in [0.25, 0.3) is 11.3 Å². The Morgan fingerprint density at radius 2 is 2.05 bits per heavy atom. The van der Waals surface area contributed by atoms with Crippen LogP contribution in [0.5, 0.6) is 0 Å². The minimum Gasteiger partial charge on any atom is -0.433 e. The van der Waals surface area contributed by atoms with Gasteiger partial charge in [0.15, 0.2) is 5.70 Å². The van der Waals surface area contributed by atoms with Crippen LogP contribution >= 0.6 is 11.3 Å². The number of rotatable bonds is 3. The van der Waals surface area contributed by atoms with Crippen molar-refractivity contribution in [3.8, 4) is 11.3 Å². The molecule has 6 heteroatoms. The second-order valence-electron chi connectivity index (χ2n) is 5.08. The number of carbonyl (C=O) groups is 1. The van der Waals surface area contributed by atoms with Gasteiger partial charge in [0.05, 0.1) is 11.9 Å². The smallest absolute Gasteiger partial charge is 0.433 e. The monoisotopic (exact) mass is 314 g/mol. The van der Waals surface area contributed by atoms with Crippen LogP contribution in [0.2, 0.25) is 0 Å². The van der Waals surface area contributed by atoms with Gasteiger partial charge < -0.3 is 5.11 Å². The predicted octanol–water partition coefficient (Wildman–Crippen LogP) is 4.40. The van der Waals surface area contributed by atoms with E-state index in [2.05, 4.69) is 10.1 Å². The molecule has 1 aliphatic heterocycles. The zero-order chi connectivity index (χ0) is 15.7. The number of nitrogens with zero attached hydrogens (tertiary/aromatic N) is 3. The molecule has 5 nitrogen and oxygen atoms in total. The number of thiazole rings is 1. The van der Waals surface area contributed by atoms with Crippen molar-refractivity contribution in [2.45, 2.75) is 20.3 Å². The minimum absolute atomic E-state index is 0.449. The SMILES string of the molecule is CCC1=CC=N[N+]1(C(=O)O)c1nc(-c2ccc(C)cc2)cs1. The summed E-state index contributed by atoms with van der Waals surface area (Å²) in [4.78, 5) is 16.4. The molecular weight excluding hydrogens is 298 g/mol. The summed E-state index contributed by atoms with van der Waals surface area (Å²) >= 11 is 1.32. The van der Waals surface area contributed by atoms with Crippen molar-refractivity contribution in [3.63, 3.8) is 0 Å². The minimum atomic E-state index is -1.04. The van der Waals surface area contributed by atoms with E-state index in [9.17, 15) is 9.90 Å². The molecule has 1 unspecified atom stereocenters. The van der Waals surface area contributed by atoms with Gasteiger partial charge in [-0.05, 0) is 11.5 Å². The number of amides is 1. The van der Waals surface area contributed by atoms with E-state index in [0.717, 1.165) is 11.3 Å². The average molecular weight is 314 g/mol. The summed E-state index contributed by atoms with van der Waals surface area (Å²) in [5.74, 6) is 0. The number of aryl methyl sites for hydroxylation is 1.